The van der Waals surface area contributed by atoms with E-state index < -0.39 is 0 Å². The maximum absolute atomic E-state index is 6.37. The van der Waals surface area contributed by atoms with Crippen molar-refractivity contribution in [2.75, 3.05) is 0 Å². The minimum atomic E-state index is 0.166. The summed E-state index contributed by atoms with van der Waals surface area (Å²) < 4.78 is 0. The van der Waals surface area contributed by atoms with Crippen molar-refractivity contribution in [1.82, 2.24) is 0 Å². The summed E-state index contributed by atoms with van der Waals surface area (Å²) in [6.45, 7) is 0. The minimum absolute atomic E-state index is 0.166. The first-order chi connectivity index (χ1) is 8.36. The summed E-state index contributed by atoms with van der Waals surface area (Å²) in [5.74, 6) is 0. The quantitative estimate of drug-likeness (QED) is 0.481. The van der Waals surface area contributed by atoms with Gasteiger partial charge in [0, 0.05) is 4.88 Å². The molecule has 1 heterocycles. The summed E-state index contributed by atoms with van der Waals surface area (Å²) in [6, 6.07) is 14.7. The van der Waals surface area contributed by atoms with Gasteiger partial charge in [-0.2, -0.15) is 0 Å². The van der Waals surface area contributed by atoms with Gasteiger partial charge in [0.25, 0.3) is 0 Å². The molecule has 90 valence electrons. The van der Waals surface area contributed by atoms with Crippen molar-refractivity contribution in [1.29, 1.82) is 0 Å². The summed E-state index contributed by atoms with van der Waals surface area (Å²) in [7, 11) is 0. The molecule has 0 bridgehead atoms. The van der Waals surface area contributed by atoms with Gasteiger partial charge in [-0.1, -0.05) is 42.8 Å². The second-order valence-corrected chi connectivity index (χ2v) is 5.76. The molecule has 2 rings (SSSR count). The van der Waals surface area contributed by atoms with Crippen LogP contribution in [0.3, 0.4) is 0 Å². The number of rotatable bonds is 6. The number of aryl methyl sites for hydroxylation is 1. The van der Waals surface area contributed by atoms with Crippen molar-refractivity contribution in [3.8, 4) is 0 Å². The number of unbranched alkanes of at least 4 members (excludes halogenated alkanes) is 1. The van der Waals surface area contributed by atoms with Gasteiger partial charge in [0.05, 0.1) is 5.38 Å². The number of hydrogen-bond acceptors (Lipinski definition) is 1. The third-order valence-electron chi connectivity index (χ3n) is 2.87. The molecule has 0 radical (unpaired) electrons. The van der Waals surface area contributed by atoms with E-state index in [1.54, 1.807) is 0 Å². The van der Waals surface area contributed by atoms with Crippen LogP contribution >= 0.6 is 22.9 Å². The van der Waals surface area contributed by atoms with Crippen molar-refractivity contribution in [2.24, 2.45) is 0 Å². The fourth-order valence-corrected chi connectivity index (χ4v) is 2.96. The molecular weight excluding hydrogens is 248 g/mol. The van der Waals surface area contributed by atoms with Gasteiger partial charge in [0.1, 0.15) is 0 Å². The first kappa shape index (κ1) is 12.7. The van der Waals surface area contributed by atoms with E-state index in [9.17, 15) is 0 Å². The third-order valence-corrected chi connectivity index (χ3v) is 4.28. The molecule has 0 aliphatic carbocycles. The van der Waals surface area contributed by atoms with Gasteiger partial charge in [-0.3, -0.25) is 0 Å². The lowest BCUT2D eigenvalue weighted by molar-refractivity contribution is 0.669. The summed E-state index contributed by atoms with van der Waals surface area (Å²) in [5.41, 5.74) is 1.24. The van der Waals surface area contributed by atoms with E-state index in [1.807, 2.05) is 17.4 Å². The summed E-state index contributed by atoms with van der Waals surface area (Å²) >= 11 is 8.21. The van der Waals surface area contributed by atoms with Gasteiger partial charge in [-0.25, -0.2) is 0 Å². The molecule has 0 saturated heterocycles. The molecule has 0 spiro atoms. The SMILES string of the molecule is ClC(CCCCc1cccs1)c1ccccc1. The summed E-state index contributed by atoms with van der Waals surface area (Å²) in [6.07, 6.45) is 4.69. The highest BCUT2D eigenvalue weighted by Crippen LogP contribution is 2.26. The van der Waals surface area contributed by atoms with Crippen LogP contribution in [0.15, 0.2) is 47.8 Å². The first-order valence-electron chi connectivity index (χ1n) is 6.07. The Kier molecular flexibility index (Phi) is 5.08. The standard InChI is InChI=1S/C15H17ClS/c16-15(13-7-2-1-3-8-13)11-5-4-9-14-10-6-12-17-14/h1-3,6-8,10,12,15H,4-5,9,11H2. The van der Waals surface area contributed by atoms with Crippen molar-refractivity contribution >= 4 is 22.9 Å². The average Bonchev–Trinajstić information content (AvgIpc) is 2.88. The average molecular weight is 265 g/mol. The van der Waals surface area contributed by atoms with Crippen LogP contribution in [0.25, 0.3) is 0 Å². The van der Waals surface area contributed by atoms with E-state index in [0.717, 1.165) is 6.42 Å². The van der Waals surface area contributed by atoms with Crippen LogP contribution in [0.5, 0.6) is 0 Å². The number of halogens is 1. The smallest absolute Gasteiger partial charge is 0.0585 e. The molecule has 0 aliphatic rings. The zero-order valence-corrected chi connectivity index (χ0v) is 11.4. The first-order valence-corrected chi connectivity index (χ1v) is 7.39. The molecule has 0 saturated carbocycles. The Balaban J connectivity index is 1.68. The number of benzene rings is 1. The maximum atomic E-state index is 6.37. The molecule has 17 heavy (non-hydrogen) atoms. The molecule has 2 aromatic rings. The Labute approximate surface area is 112 Å². The lowest BCUT2D eigenvalue weighted by Crippen LogP contribution is -1.91. The summed E-state index contributed by atoms with van der Waals surface area (Å²) in [4.78, 5) is 1.48. The van der Waals surface area contributed by atoms with E-state index in [0.29, 0.717) is 0 Å². The Bertz CT molecular complexity index is 408. The molecule has 0 aliphatic heterocycles. The van der Waals surface area contributed by atoms with Crippen molar-refractivity contribution in [3.05, 3.63) is 58.3 Å². The molecule has 1 unspecified atom stereocenters. The minimum Gasteiger partial charge on any atom is -0.149 e. The molecule has 1 aromatic carbocycles. The van der Waals surface area contributed by atoms with Crippen molar-refractivity contribution < 1.29 is 0 Å². The fourth-order valence-electron chi connectivity index (χ4n) is 1.91. The van der Waals surface area contributed by atoms with Gasteiger partial charge in [-0.15, -0.1) is 22.9 Å². The normalized spacial score (nSPS) is 12.5. The van der Waals surface area contributed by atoms with Crippen LogP contribution in [0.1, 0.15) is 35.1 Å². The van der Waals surface area contributed by atoms with Crippen LogP contribution in [0, 0.1) is 0 Å². The second-order valence-electron chi connectivity index (χ2n) is 4.20. The molecule has 0 fully saturated rings. The summed E-state index contributed by atoms with van der Waals surface area (Å²) in [5, 5.41) is 2.31. The van der Waals surface area contributed by atoms with E-state index in [-0.39, 0.29) is 5.38 Å². The van der Waals surface area contributed by atoms with Crippen LogP contribution in [-0.2, 0) is 6.42 Å². The van der Waals surface area contributed by atoms with E-state index in [2.05, 4.69) is 41.8 Å². The Morgan fingerprint density at radius 3 is 2.53 bits per heavy atom. The van der Waals surface area contributed by atoms with Gasteiger partial charge in [0.15, 0.2) is 0 Å². The van der Waals surface area contributed by atoms with Gasteiger partial charge in [0.2, 0.25) is 0 Å². The highest BCUT2D eigenvalue weighted by atomic mass is 35.5. The third kappa shape index (κ3) is 4.18. The predicted molar refractivity (Wildman–Crippen MR) is 76.9 cm³/mol. The predicted octanol–water partition coefficient (Wildman–Crippen LogP) is 5.44. The van der Waals surface area contributed by atoms with Gasteiger partial charge < -0.3 is 0 Å². The Morgan fingerprint density at radius 1 is 1.00 bits per heavy atom. The van der Waals surface area contributed by atoms with E-state index in [4.69, 9.17) is 11.6 Å². The lowest BCUT2D eigenvalue weighted by atomic mass is 10.1. The number of hydrogen-bond donors (Lipinski definition) is 0. The zero-order valence-electron chi connectivity index (χ0n) is 9.81. The monoisotopic (exact) mass is 264 g/mol. The van der Waals surface area contributed by atoms with Gasteiger partial charge >= 0.3 is 0 Å². The van der Waals surface area contributed by atoms with Crippen LogP contribution in [-0.4, -0.2) is 0 Å². The van der Waals surface area contributed by atoms with Crippen LogP contribution < -0.4 is 0 Å². The topological polar surface area (TPSA) is 0 Å². The second kappa shape index (κ2) is 6.83. The molecule has 1 atom stereocenters. The molecule has 0 amide bonds. The van der Waals surface area contributed by atoms with E-state index in [1.165, 1.54) is 29.7 Å². The number of alkyl halides is 1. The highest BCUT2D eigenvalue weighted by Gasteiger charge is 2.06. The molecule has 1 aromatic heterocycles. The Morgan fingerprint density at radius 2 is 1.82 bits per heavy atom. The van der Waals surface area contributed by atoms with Crippen LogP contribution in [0.2, 0.25) is 0 Å². The Hall–Kier alpha value is -0.790. The lowest BCUT2D eigenvalue weighted by Gasteiger charge is -2.09. The molecule has 2 heteroatoms. The van der Waals surface area contributed by atoms with Gasteiger partial charge in [-0.05, 0) is 36.3 Å². The van der Waals surface area contributed by atoms with E-state index >= 15 is 0 Å². The maximum Gasteiger partial charge on any atom is 0.0585 e. The highest BCUT2D eigenvalue weighted by molar-refractivity contribution is 7.09. The van der Waals surface area contributed by atoms with Crippen LogP contribution in [0.4, 0.5) is 0 Å². The molecular formula is C15H17ClS. The fraction of sp³-hybridized carbons (Fsp3) is 0.333. The molecule has 0 N–H and O–H groups in total. The van der Waals surface area contributed by atoms with Crippen molar-refractivity contribution in [2.45, 2.75) is 31.1 Å². The number of thiophene rings is 1. The largest absolute Gasteiger partial charge is 0.149 e. The molecule has 0 nitrogen and oxygen atoms in total. The van der Waals surface area contributed by atoms with Crippen molar-refractivity contribution in [3.63, 3.8) is 0 Å². The zero-order chi connectivity index (χ0) is 11.9.